The van der Waals surface area contributed by atoms with Crippen LogP contribution in [0.1, 0.15) is 18.1 Å². The van der Waals surface area contributed by atoms with Crippen molar-refractivity contribution in [2.45, 2.75) is 74.8 Å². The van der Waals surface area contributed by atoms with Crippen LogP contribution in [0, 0.1) is 0 Å². The summed E-state index contributed by atoms with van der Waals surface area (Å²) in [6.07, 6.45) is -12.1. The van der Waals surface area contributed by atoms with Crippen LogP contribution in [0.15, 0.2) is 42.5 Å². The molecule has 2 aromatic rings. The molecule has 2 aromatic carbocycles. The highest BCUT2D eigenvalue weighted by Crippen LogP contribution is 2.32. The minimum absolute atomic E-state index is 0.0217. The second-order valence-corrected chi connectivity index (χ2v) is 10.8. The highest BCUT2D eigenvalue weighted by molar-refractivity contribution is 5.87. The number of benzene rings is 2. The van der Waals surface area contributed by atoms with Gasteiger partial charge >= 0.3 is 5.97 Å². The van der Waals surface area contributed by atoms with Gasteiger partial charge in [-0.1, -0.05) is 12.1 Å². The van der Waals surface area contributed by atoms with Gasteiger partial charge in [-0.2, -0.15) is 0 Å². The second-order valence-electron chi connectivity index (χ2n) is 10.8. The number of rotatable bonds is 12. The van der Waals surface area contributed by atoms with E-state index in [1.54, 1.807) is 12.1 Å². The van der Waals surface area contributed by atoms with E-state index in [2.05, 4.69) is 0 Å². The third-order valence-corrected chi connectivity index (χ3v) is 7.68. The Morgan fingerprint density at radius 1 is 0.848 bits per heavy atom. The summed E-state index contributed by atoms with van der Waals surface area (Å²) in [5.41, 5.74) is 1.16. The Labute approximate surface area is 264 Å². The molecule has 2 aliphatic rings. The lowest BCUT2D eigenvalue weighted by molar-refractivity contribution is -0.357. The first kappa shape index (κ1) is 35.3. The Hall–Kier alpha value is -3.51. The minimum atomic E-state index is -1.75. The van der Waals surface area contributed by atoms with Crippen molar-refractivity contribution in [3.05, 3.63) is 53.6 Å². The van der Waals surface area contributed by atoms with Crippen molar-refractivity contribution in [2.24, 2.45) is 0 Å². The molecule has 2 aliphatic heterocycles. The molecule has 0 radical (unpaired) electrons. The van der Waals surface area contributed by atoms with Gasteiger partial charge in [-0.3, -0.25) is 0 Å². The molecule has 15 nitrogen and oxygen atoms in total. The average Bonchev–Trinajstić information content (AvgIpc) is 3.04. The van der Waals surface area contributed by atoms with Crippen molar-refractivity contribution < 1.29 is 73.7 Å². The molecule has 0 unspecified atom stereocenters. The highest BCUT2D eigenvalue weighted by atomic mass is 16.7. The number of aliphatic hydroxyl groups is 5. The molecule has 2 fully saturated rings. The molecule has 2 heterocycles. The summed E-state index contributed by atoms with van der Waals surface area (Å²) in [5.74, 6) is -0.625. The van der Waals surface area contributed by atoms with Crippen molar-refractivity contribution >= 4 is 12.0 Å². The Bertz CT molecular complexity index is 1340. The number of hydrogen-bond acceptors (Lipinski definition) is 15. The summed E-state index contributed by atoms with van der Waals surface area (Å²) < 4.78 is 38.6. The van der Waals surface area contributed by atoms with Gasteiger partial charge in [-0.25, -0.2) is 4.79 Å². The van der Waals surface area contributed by atoms with E-state index in [9.17, 15) is 40.5 Å². The number of aliphatic hydroxyl groups excluding tert-OH is 5. The number of phenolic OH excluding ortho intramolecular Hbond substituents is 2. The van der Waals surface area contributed by atoms with Crippen LogP contribution < -0.4 is 9.47 Å². The zero-order valence-electron chi connectivity index (χ0n) is 25.4. The molecule has 46 heavy (non-hydrogen) atoms. The van der Waals surface area contributed by atoms with E-state index >= 15 is 0 Å². The van der Waals surface area contributed by atoms with Crippen LogP contribution in [0.2, 0.25) is 0 Å². The van der Waals surface area contributed by atoms with Crippen molar-refractivity contribution in [1.82, 2.24) is 0 Å². The van der Waals surface area contributed by atoms with Crippen molar-refractivity contribution in [3.63, 3.8) is 0 Å². The largest absolute Gasteiger partial charge is 0.504 e. The van der Waals surface area contributed by atoms with Gasteiger partial charge in [0.25, 0.3) is 0 Å². The number of esters is 1. The number of phenols is 2. The molecule has 0 aromatic heterocycles. The van der Waals surface area contributed by atoms with Gasteiger partial charge < -0.3 is 68.9 Å². The van der Waals surface area contributed by atoms with Crippen molar-refractivity contribution in [1.29, 1.82) is 0 Å². The summed E-state index contributed by atoms with van der Waals surface area (Å²) in [7, 11) is 2.79. The Kier molecular flexibility index (Phi) is 12.2. The number of aromatic hydroxyl groups is 2. The smallest absolute Gasteiger partial charge is 0.331 e. The maximum absolute atomic E-state index is 12.9. The van der Waals surface area contributed by atoms with E-state index in [1.165, 1.54) is 51.5 Å². The molecule has 0 aliphatic carbocycles. The minimum Gasteiger partial charge on any atom is -0.504 e. The Morgan fingerprint density at radius 2 is 1.59 bits per heavy atom. The summed E-state index contributed by atoms with van der Waals surface area (Å²) in [4.78, 5) is 12.9. The van der Waals surface area contributed by atoms with Crippen molar-refractivity contribution in [3.8, 4) is 23.0 Å². The number of carbonyl (C=O) groups is 1. The summed E-state index contributed by atoms with van der Waals surface area (Å²) in [5, 5.41) is 72.3. The highest BCUT2D eigenvalue weighted by Gasteiger charge is 2.52. The molecular weight excluding hydrogens is 612 g/mol. The molecule has 0 bridgehead atoms. The molecule has 0 amide bonds. The van der Waals surface area contributed by atoms with Gasteiger partial charge in [0.1, 0.15) is 36.6 Å². The quantitative estimate of drug-likeness (QED) is 0.114. The van der Waals surface area contributed by atoms with Gasteiger partial charge in [-0.05, 0) is 54.8 Å². The molecule has 0 saturated carbocycles. The predicted octanol–water partition coefficient (Wildman–Crippen LogP) is -0.410. The lowest BCUT2D eigenvalue weighted by atomic mass is 9.97. The first-order valence-corrected chi connectivity index (χ1v) is 14.5. The molecule has 0 spiro atoms. The summed E-state index contributed by atoms with van der Waals surface area (Å²) >= 11 is 0. The van der Waals surface area contributed by atoms with E-state index in [0.29, 0.717) is 16.9 Å². The van der Waals surface area contributed by atoms with Gasteiger partial charge in [-0.15, -0.1) is 0 Å². The van der Waals surface area contributed by atoms with E-state index in [1.807, 2.05) is 0 Å². The molecular formula is C31H40O15. The number of hydrogen-bond donors (Lipinski definition) is 7. The third-order valence-electron chi connectivity index (χ3n) is 7.68. The van der Waals surface area contributed by atoms with Crippen LogP contribution in [0.5, 0.6) is 23.0 Å². The standard InChI is InChI=1S/C31H40O15/c1-15-24(36)25(37)26(38)31(43-15)46-29-27(39)30(42-11-10-17-5-8-20(40-2)19(34)12-17)44-22(14-32)28(29)45-23(35)9-6-16-4-7-18(33)21(13-16)41-3/h4-9,12-13,15,22,24-34,36-39H,10-11,14H2,1-3H3/t15-,22+,24+,25+,26-,27-,28+,29-,30-,31+/m1/s1. The van der Waals surface area contributed by atoms with E-state index in [0.717, 1.165) is 6.08 Å². The maximum Gasteiger partial charge on any atom is 0.331 e. The third kappa shape index (κ3) is 8.25. The number of methoxy groups -OCH3 is 2. The van der Waals surface area contributed by atoms with E-state index in [4.69, 9.17) is 33.2 Å². The topological polar surface area (TPSA) is 223 Å². The Balaban J connectivity index is 1.52. The molecule has 4 rings (SSSR count). The van der Waals surface area contributed by atoms with Crippen LogP contribution in [0.3, 0.4) is 0 Å². The molecule has 2 saturated heterocycles. The lowest BCUT2D eigenvalue weighted by Crippen LogP contribution is -2.65. The average molecular weight is 653 g/mol. The van der Waals surface area contributed by atoms with Crippen LogP contribution in [0.25, 0.3) is 6.08 Å². The number of ether oxygens (including phenoxy) is 7. The maximum atomic E-state index is 12.9. The molecule has 10 atom stereocenters. The Morgan fingerprint density at radius 3 is 2.26 bits per heavy atom. The summed E-state index contributed by atoms with van der Waals surface area (Å²) in [6.45, 7) is 0.712. The van der Waals surface area contributed by atoms with Crippen LogP contribution in [0.4, 0.5) is 0 Å². The molecule has 254 valence electrons. The molecule has 15 heteroatoms. The van der Waals surface area contributed by atoms with Gasteiger partial charge in [0.15, 0.2) is 41.7 Å². The zero-order valence-corrected chi connectivity index (χ0v) is 25.4. The van der Waals surface area contributed by atoms with E-state index < -0.39 is 74.0 Å². The fourth-order valence-corrected chi connectivity index (χ4v) is 5.08. The van der Waals surface area contributed by atoms with Crippen LogP contribution in [-0.4, -0.2) is 131 Å². The van der Waals surface area contributed by atoms with Gasteiger partial charge in [0.05, 0.1) is 33.5 Å². The van der Waals surface area contributed by atoms with Crippen LogP contribution in [-0.2, 0) is 34.9 Å². The summed E-state index contributed by atoms with van der Waals surface area (Å²) in [6, 6.07) is 9.16. The van der Waals surface area contributed by atoms with Gasteiger partial charge in [0.2, 0.25) is 0 Å². The first-order valence-electron chi connectivity index (χ1n) is 14.5. The monoisotopic (exact) mass is 652 g/mol. The van der Waals surface area contributed by atoms with Crippen molar-refractivity contribution in [2.75, 3.05) is 27.4 Å². The fraction of sp³-hybridized carbons (Fsp3) is 0.516. The molecule has 7 N–H and O–H groups in total. The first-order chi connectivity index (χ1) is 22.0. The predicted molar refractivity (Wildman–Crippen MR) is 157 cm³/mol. The number of carbonyl (C=O) groups excluding carboxylic acids is 1. The second kappa shape index (κ2) is 15.9. The fourth-order valence-electron chi connectivity index (χ4n) is 5.08. The lowest BCUT2D eigenvalue weighted by Gasteiger charge is -2.46. The van der Waals surface area contributed by atoms with Crippen LogP contribution >= 0.6 is 0 Å². The van der Waals surface area contributed by atoms with E-state index in [-0.39, 0.29) is 30.3 Å². The van der Waals surface area contributed by atoms with Gasteiger partial charge in [0, 0.05) is 6.08 Å². The zero-order chi connectivity index (χ0) is 33.5. The normalized spacial score (nSPS) is 31.5. The SMILES string of the molecule is COc1ccc(CCO[C@@H]2O[C@@H](CO)[C@H](OC(=O)C=Cc3ccc(O)c(OC)c3)[C@H](O[C@@H]3O[C@H](C)[C@H](O)[C@H](O)[C@H]3O)[C@H]2O)cc1O.